The molecule has 0 amide bonds. The molecule has 106 valence electrons. The highest BCUT2D eigenvalue weighted by molar-refractivity contribution is 5.26. The van der Waals surface area contributed by atoms with Crippen LogP contribution in [0.15, 0.2) is 0 Å². The van der Waals surface area contributed by atoms with Crippen molar-refractivity contribution in [2.24, 2.45) is 10.8 Å². The second-order valence-electron chi connectivity index (χ2n) is 8.54. The van der Waals surface area contributed by atoms with Crippen molar-refractivity contribution in [1.29, 1.82) is 0 Å². The van der Waals surface area contributed by atoms with Gasteiger partial charge in [-0.25, -0.2) is 0 Å². The smallest absolute Gasteiger partial charge is 0.100 e. The number of epoxide rings is 2. The minimum Gasteiger partial charge on any atom is -0.363 e. The Bertz CT molecular complexity index is 354. The summed E-state index contributed by atoms with van der Waals surface area (Å²) >= 11 is 0. The topological polar surface area (TPSA) is 25.1 Å². The first kappa shape index (κ1) is 14.3. The Kier molecular flexibility index (Phi) is 2.37. The Balaban J connectivity index is 2.37. The Hall–Kier alpha value is -0.0800. The summed E-state index contributed by atoms with van der Waals surface area (Å²) in [6, 6.07) is 0. The van der Waals surface area contributed by atoms with Crippen molar-refractivity contribution >= 4 is 0 Å². The predicted octanol–water partition coefficient (Wildman–Crippen LogP) is 4.17. The summed E-state index contributed by atoms with van der Waals surface area (Å²) in [7, 11) is 0. The molecule has 0 radical (unpaired) electrons. The largest absolute Gasteiger partial charge is 0.363 e. The summed E-state index contributed by atoms with van der Waals surface area (Å²) < 4.78 is 12.2. The van der Waals surface area contributed by atoms with E-state index < -0.39 is 0 Å². The predicted molar refractivity (Wildman–Crippen MR) is 74.7 cm³/mol. The Labute approximate surface area is 112 Å². The zero-order valence-corrected chi connectivity index (χ0v) is 13.8. The van der Waals surface area contributed by atoms with E-state index in [-0.39, 0.29) is 33.2 Å². The van der Waals surface area contributed by atoms with E-state index in [1.54, 1.807) is 0 Å². The van der Waals surface area contributed by atoms with Gasteiger partial charge in [0.25, 0.3) is 0 Å². The summed E-state index contributed by atoms with van der Waals surface area (Å²) in [5.74, 6) is 0. The minimum absolute atomic E-state index is 0.0337. The maximum absolute atomic E-state index is 6.08. The fraction of sp³-hybridized carbons (Fsp3) is 1.00. The summed E-state index contributed by atoms with van der Waals surface area (Å²) in [5.41, 5.74) is -0.187. The van der Waals surface area contributed by atoms with E-state index in [0.717, 1.165) is 0 Å². The van der Waals surface area contributed by atoms with E-state index in [2.05, 4.69) is 69.2 Å². The second kappa shape index (κ2) is 2.98. The normalized spacial score (nSPS) is 41.7. The molecule has 0 bridgehead atoms. The summed E-state index contributed by atoms with van der Waals surface area (Å²) in [6.45, 7) is 22.5. The summed E-state index contributed by atoms with van der Waals surface area (Å²) in [5, 5.41) is 0. The third kappa shape index (κ3) is 1.27. The van der Waals surface area contributed by atoms with Crippen molar-refractivity contribution in [2.45, 2.75) is 91.6 Å². The Morgan fingerprint density at radius 2 is 0.722 bits per heavy atom. The van der Waals surface area contributed by atoms with Crippen LogP contribution in [0.4, 0.5) is 0 Å². The van der Waals surface area contributed by atoms with Crippen LogP contribution in [0.1, 0.15) is 69.2 Å². The van der Waals surface area contributed by atoms with Gasteiger partial charge in [0.1, 0.15) is 11.2 Å². The van der Waals surface area contributed by atoms with Crippen molar-refractivity contribution in [3.05, 3.63) is 0 Å². The molecule has 2 fully saturated rings. The van der Waals surface area contributed by atoms with Crippen LogP contribution in [0, 0.1) is 10.8 Å². The maximum Gasteiger partial charge on any atom is 0.100 e. The third-order valence-corrected chi connectivity index (χ3v) is 7.08. The van der Waals surface area contributed by atoms with Gasteiger partial charge in [0.05, 0.1) is 11.2 Å². The van der Waals surface area contributed by atoms with Gasteiger partial charge >= 0.3 is 0 Å². The first-order chi connectivity index (χ1) is 7.66. The third-order valence-electron chi connectivity index (χ3n) is 7.08. The molecule has 2 saturated heterocycles. The number of rotatable bonds is 3. The fourth-order valence-corrected chi connectivity index (χ4v) is 3.92. The molecule has 2 nitrogen and oxygen atoms in total. The number of hydrogen-bond donors (Lipinski definition) is 0. The minimum atomic E-state index is -0.0887. The summed E-state index contributed by atoms with van der Waals surface area (Å²) in [6.07, 6.45) is 0. The van der Waals surface area contributed by atoms with Crippen molar-refractivity contribution in [3.63, 3.8) is 0 Å². The number of hydrogen-bond acceptors (Lipinski definition) is 2. The van der Waals surface area contributed by atoms with Gasteiger partial charge in [-0.1, -0.05) is 27.7 Å². The average molecular weight is 254 g/mol. The van der Waals surface area contributed by atoms with Crippen LogP contribution in [0.3, 0.4) is 0 Å². The van der Waals surface area contributed by atoms with E-state index in [1.807, 2.05) is 0 Å². The maximum atomic E-state index is 6.08. The molecule has 18 heavy (non-hydrogen) atoms. The first-order valence-electron chi connectivity index (χ1n) is 7.07. The standard InChI is InChI=1S/C16H30O2/c1-11(2,15(9)13(5,6)17-15)12(3,4)16(10)14(7,8)18-16/h1-10H3. The van der Waals surface area contributed by atoms with Gasteiger partial charge in [-0.3, -0.25) is 0 Å². The van der Waals surface area contributed by atoms with E-state index in [1.165, 1.54) is 0 Å². The molecule has 2 atom stereocenters. The molecule has 2 aliphatic rings. The highest BCUT2D eigenvalue weighted by Gasteiger charge is 2.78. The number of ether oxygens (including phenoxy) is 2. The van der Waals surface area contributed by atoms with Gasteiger partial charge in [-0.15, -0.1) is 0 Å². The molecule has 0 aromatic heterocycles. The van der Waals surface area contributed by atoms with E-state index in [9.17, 15) is 0 Å². The van der Waals surface area contributed by atoms with Crippen molar-refractivity contribution in [2.75, 3.05) is 0 Å². The van der Waals surface area contributed by atoms with Crippen LogP contribution >= 0.6 is 0 Å². The lowest BCUT2D eigenvalue weighted by Gasteiger charge is -2.49. The van der Waals surface area contributed by atoms with Crippen LogP contribution < -0.4 is 0 Å². The van der Waals surface area contributed by atoms with Gasteiger partial charge in [-0.2, -0.15) is 0 Å². The van der Waals surface area contributed by atoms with Crippen molar-refractivity contribution in [1.82, 2.24) is 0 Å². The molecular formula is C16H30O2. The van der Waals surface area contributed by atoms with Crippen LogP contribution in [-0.4, -0.2) is 22.4 Å². The quantitative estimate of drug-likeness (QED) is 0.706. The van der Waals surface area contributed by atoms with E-state index >= 15 is 0 Å². The average Bonchev–Trinajstić information content (AvgIpc) is 2.85. The second-order valence-corrected chi connectivity index (χ2v) is 8.54. The monoisotopic (exact) mass is 254 g/mol. The zero-order chi connectivity index (χ0) is 14.4. The molecular weight excluding hydrogens is 224 g/mol. The molecule has 2 heteroatoms. The molecule has 0 spiro atoms. The van der Waals surface area contributed by atoms with Gasteiger partial charge in [0.2, 0.25) is 0 Å². The molecule has 2 aliphatic heterocycles. The molecule has 2 unspecified atom stereocenters. The zero-order valence-electron chi connectivity index (χ0n) is 13.8. The van der Waals surface area contributed by atoms with Crippen molar-refractivity contribution in [3.8, 4) is 0 Å². The Morgan fingerprint density at radius 3 is 0.833 bits per heavy atom. The first-order valence-corrected chi connectivity index (χ1v) is 7.07. The SMILES string of the molecule is CC1(C)OC1(C)C(C)(C)C(C)(C)C1(C)OC1(C)C. The van der Waals surface area contributed by atoms with Crippen LogP contribution in [0.25, 0.3) is 0 Å². The van der Waals surface area contributed by atoms with Gasteiger partial charge in [-0.05, 0) is 41.5 Å². The lowest BCUT2D eigenvalue weighted by Crippen LogP contribution is -2.54. The highest BCUT2D eigenvalue weighted by atomic mass is 16.6. The van der Waals surface area contributed by atoms with E-state index in [0.29, 0.717) is 0 Å². The van der Waals surface area contributed by atoms with Crippen LogP contribution in [-0.2, 0) is 9.47 Å². The van der Waals surface area contributed by atoms with Gasteiger partial charge in [0.15, 0.2) is 0 Å². The molecule has 0 aromatic rings. The van der Waals surface area contributed by atoms with E-state index in [4.69, 9.17) is 9.47 Å². The highest BCUT2D eigenvalue weighted by Crippen LogP contribution is 2.71. The molecule has 0 N–H and O–H groups in total. The van der Waals surface area contributed by atoms with Crippen LogP contribution in [0.5, 0.6) is 0 Å². The molecule has 0 aliphatic carbocycles. The van der Waals surface area contributed by atoms with Crippen molar-refractivity contribution < 1.29 is 9.47 Å². The fourth-order valence-electron chi connectivity index (χ4n) is 3.92. The lowest BCUT2D eigenvalue weighted by atomic mass is 9.53. The van der Waals surface area contributed by atoms with Crippen LogP contribution in [0.2, 0.25) is 0 Å². The molecule has 0 saturated carbocycles. The van der Waals surface area contributed by atoms with Gasteiger partial charge in [0, 0.05) is 10.8 Å². The molecule has 2 rings (SSSR count). The molecule has 0 aromatic carbocycles. The molecule has 2 heterocycles. The Morgan fingerprint density at radius 1 is 0.556 bits per heavy atom. The summed E-state index contributed by atoms with van der Waals surface area (Å²) in [4.78, 5) is 0. The lowest BCUT2D eigenvalue weighted by molar-refractivity contribution is -0.0341. The van der Waals surface area contributed by atoms with Gasteiger partial charge < -0.3 is 9.47 Å².